The molecule has 0 aliphatic carbocycles. The molecule has 0 atom stereocenters. The fourth-order valence-corrected chi connectivity index (χ4v) is 2.48. The maximum atomic E-state index is 11.3. The van der Waals surface area contributed by atoms with Gasteiger partial charge in [-0.3, -0.25) is 0 Å². The number of aromatic carboxylic acids is 1. The Bertz CT molecular complexity index is 584. The summed E-state index contributed by atoms with van der Waals surface area (Å²) >= 11 is 0. The van der Waals surface area contributed by atoms with Crippen LogP contribution in [0.3, 0.4) is 0 Å². The predicted molar refractivity (Wildman–Crippen MR) is 77.6 cm³/mol. The minimum Gasteiger partial charge on any atom is -0.478 e. The van der Waals surface area contributed by atoms with Gasteiger partial charge in [-0.2, -0.15) is 0 Å². The van der Waals surface area contributed by atoms with Crippen LogP contribution in [0.5, 0.6) is 0 Å². The van der Waals surface area contributed by atoms with Crippen LogP contribution in [0, 0.1) is 0 Å². The zero-order chi connectivity index (χ0) is 15.3. The number of sulfonamides is 1. The highest BCUT2D eigenvalue weighted by Crippen LogP contribution is 2.24. The first-order valence-corrected chi connectivity index (χ1v) is 8.01. The van der Waals surface area contributed by atoms with Crippen LogP contribution in [0.15, 0.2) is 23.1 Å². The molecule has 0 bridgehead atoms. The van der Waals surface area contributed by atoms with E-state index in [0.29, 0.717) is 12.2 Å². The monoisotopic (exact) mass is 300 g/mol. The highest BCUT2D eigenvalue weighted by atomic mass is 32.2. The number of hydrogen-bond donors (Lipinski definition) is 2. The Balaban J connectivity index is 3.29. The second-order valence-corrected chi connectivity index (χ2v) is 6.02. The van der Waals surface area contributed by atoms with E-state index in [1.165, 1.54) is 12.1 Å². The summed E-state index contributed by atoms with van der Waals surface area (Å²) in [6, 6.07) is 3.95. The maximum absolute atomic E-state index is 11.3. The second kappa shape index (κ2) is 6.71. The van der Waals surface area contributed by atoms with Gasteiger partial charge in [0.2, 0.25) is 10.0 Å². The Labute approximate surface area is 119 Å². The number of primary sulfonamides is 1. The van der Waals surface area contributed by atoms with E-state index in [2.05, 4.69) is 6.92 Å². The van der Waals surface area contributed by atoms with Crippen LogP contribution in [0.25, 0.3) is 0 Å². The lowest BCUT2D eigenvalue weighted by Gasteiger charge is -2.24. The Hall–Kier alpha value is -1.60. The average Bonchev–Trinajstić information content (AvgIpc) is 2.38. The van der Waals surface area contributed by atoms with Crippen molar-refractivity contribution in [3.8, 4) is 0 Å². The van der Waals surface area contributed by atoms with Gasteiger partial charge >= 0.3 is 5.97 Å². The highest BCUT2D eigenvalue weighted by molar-refractivity contribution is 7.89. The molecule has 0 saturated heterocycles. The fraction of sp³-hybridized carbons (Fsp3) is 0.462. The summed E-state index contributed by atoms with van der Waals surface area (Å²) in [5.41, 5.74) is 0.468. The quantitative estimate of drug-likeness (QED) is 0.797. The molecule has 112 valence electrons. The summed E-state index contributed by atoms with van der Waals surface area (Å²) in [7, 11) is -3.91. The molecule has 0 aliphatic rings. The van der Waals surface area contributed by atoms with Crippen LogP contribution < -0.4 is 10.0 Å². The van der Waals surface area contributed by atoms with Gasteiger partial charge < -0.3 is 10.0 Å². The molecule has 0 aliphatic heterocycles. The maximum Gasteiger partial charge on any atom is 0.337 e. The van der Waals surface area contributed by atoms with Gasteiger partial charge in [-0.1, -0.05) is 13.3 Å². The predicted octanol–water partition coefficient (Wildman–Crippen LogP) is 1.66. The van der Waals surface area contributed by atoms with Crippen molar-refractivity contribution in [1.29, 1.82) is 0 Å². The molecule has 0 radical (unpaired) electrons. The van der Waals surface area contributed by atoms with Crippen molar-refractivity contribution < 1.29 is 18.3 Å². The largest absolute Gasteiger partial charge is 0.478 e. The molecule has 3 N–H and O–H groups in total. The van der Waals surface area contributed by atoms with Crippen LogP contribution in [0.2, 0.25) is 0 Å². The van der Waals surface area contributed by atoms with Gasteiger partial charge in [0.15, 0.2) is 0 Å². The van der Waals surface area contributed by atoms with E-state index in [0.717, 1.165) is 25.5 Å². The van der Waals surface area contributed by atoms with Crippen molar-refractivity contribution >= 4 is 21.7 Å². The standard InChI is InChI=1S/C13H20N2O4S/c1-3-5-8-15(4-2)12-7-6-10(20(14,18)19)9-11(12)13(16)17/h6-7,9H,3-5,8H2,1-2H3,(H,16,17)(H2,14,18,19). The number of rotatable bonds is 7. The molecular formula is C13H20N2O4S. The van der Waals surface area contributed by atoms with Gasteiger partial charge in [0.1, 0.15) is 0 Å². The van der Waals surface area contributed by atoms with E-state index in [1.807, 2.05) is 11.8 Å². The first-order valence-electron chi connectivity index (χ1n) is 6.46. The number of benzene rings is 1. The fourth-order valence-electron chi connectivity index (χ4n) is 1.94. The third kappa shape index (κ3) is 3.94. The van der Waals surface area contributed by atoms with Crippen molar-refractivity contribution in [2.75, 3.05) is 18.0 Å². The van der Waals surface area contributed by atoms with Crippen LogP contribution in [0.4, 0.5) is 5.69 Å². The molecule has 0 saturated carbocycles. The van der Waals surface area contributed by atoms with Gasteiger partial charge in [-0.15, -0.1) is 0 Å². The Morgan fingerprint density at radius 2 is 2.00 bits per heavy atom. The van der Waals surface area contributed by atoms with Gasteiger partial charge in [-0.25, -0.2) is 18.4 Å². The number of carboxylic acids is 1. The number of carbonyl (C=O) groups is 1. The Morgan fingerprint density at radius 3 is 2.45 bits per heavy atom. The zero-order valence-electron chi connectivity index (χ0n) is 11.7. The third-order valence-corrected chi connectivity index (χ3v) is 3.94. The van der Waals surface area contributed by atoms with Crippen LogP contribution >= 0.6 is 0 Å². The number of carboxylic acid groups (broad SMARTS) is 1. The molecule has 0 aromatic heterocycles. The number of nitrogens with two attached hydrogens (primary N) is 1. The van der Waals surface area contributed by atoms with Gasteiger partial charge in [0, 0.05) is 13.1 Å². The zero-order valence-corrected chi connectivity index (χ0v) is 12.5. The van der Waals surface area contributed by atoms with E-state index < -0.39 is 16.0 Å². The van der Waals surface area contributed by atoms with Crippen molar-refractivity contribution in [1.82, 2.24) is 0 Å². The van der Waals surface area contributed by atoms with Crippen LogP contribution in [-0.4, -0.2) is 32.6 Å². The Morgan fingerprint density at radius 1 is 1.35 bits per heavy atom. The van der Waals surface area contributed by atoms with Crippen molar-refractivity contribution in [3.05, 3.63) is 23.8 Å². The van der Waals surface area contributed by atoms with Crippen molar-refractivity contribution in [2.24, 2.45) is 5.14 Å². The van der Waals surface area contributed by atoms with Gasteiger partial charge in [-0.05, 0) is 31.5 Å². The smallest absolute Gasteiger partial charge is 0.337 e. The van der Waals surface area contributed by atoms with Crippen molar-refractivity contribution in [2.45, 2.75) is 31.6 Å². The van der Waals surface area contributed by atoms with Crippen molar-refractivity contribution in [3.63, 3.8) is 0 Å². The summed E-state index contributed by atoms with van der Waals surface area (Å²) in [4.78, 5) is 13.1. The topological polar surface area (TPSA) is 101 Å². The first-order chi connectivity index (χ1) is 9.31. The van der Waals surface area contributed by atoms with E-state index in [9.17, 15) is 18.3 Å². The molecular weight excluding hydrogens is 280 g/mol. The van der Waals surface area contributed by atoms with E-state index in [1.54, 1.807) is 0 Å². The summed E-state index contributed by atoms with van der Waals surface area (Å²) in [6.07, 6.45) is 1.93. The number of hydrogen-bond acceptors (Lipinski definition) is 4. The van der Waals surface area contributed by atoms with Gasteiger partial charge in [0.25, 0.3) is 0 Å². The number of nitrogens with zero attached hydrogens (tertiary/aromatic N) is 1. The average molecular weight is 300 g/mol. The van der Waals surface area contributed by atoms with E-state index in [4.69, 9.17) is 5.14 Å². The molecule has 20 heavy (non-hydrogen) atoms. The molecule has 0 heterocycles. The summed E-state index contributed by atoms with van der Waals surface area (Å²) < 4.78 is 22.6. The number of unbranched alkanes of at least 4 members (excludes halogenated alkanes) is 1. The van der Waals surface area contributed by atoms with Gasteiger partial charge in [0.05, 0.1) is 16.1 Å². The molecule has 1 rings (SSSR count). The molecule has 6 nitrogen and oxygen atoms in total. The second-order valence-electron chi connectivity index (χ2n) is 4.46. The molecule has 1 aromatic carbocycles. The summed E-state index contributed by atoms with van der Waals surface area (Å²) in [5, 5.41) is 14.3. The minimum atomic E-state index is -3.91. The lowest BCUT2D eigenvalue weighted by molar-refractivity contribution is 0.0697. The number of anilines is 1. The van der Waals surface area contributed by atoms with Crippen LogP contribution in [-0.2, 0) is 10.0 Å². The van der Waals surface area contributed by atoms with E-state index >= 15 is 0 Å². The molecule has 0 unspecified atom stereocenters. The molecule has 1 aromatic rings. The molecule has 0 spiro atoms. The lowest BCUT2D eigenvalue weighted by Crippen LogP contribution is -2.26. The molecule has 0 amide bonds. The SMILES string of the molecule is CCCCN(CC)c1ccc(S(N)(=O)=O)cc1C(=O)O. The van der Waals surface area contributed by atoms with Crippen LogP contribution in [0.1, 0.15) is 37.0 Å². The normalized spacial score (nSPS) is 11.3. The molecule has 7 heteroatoms. The van der Waals surface area contributed by atoms with E-state index in [-0.39, 0.29) is 10.5 Å². The first kappa shape index (κ1) is 16.5. The summed E-state index contributed by atoms with van der Waals surface area (Å²) in [6.45, 7) is 5.35. The highest BCUT2D eigenvalue weighted by Gasteiger charge is 2.18. The Kier molecular flexibility index (Phi) is 5.52. The summed E-state index contributed by atoms with van der Waals surface area (Å²) in [5.74, 6) is -1.17. The molecule has 0 fully saturated rings. The third-order valence-electron chi connectivity index (χ3n) is 3.03. The minimum absolute atomic E-state index is 0.0468. The lowest BCUT2D eigenvalue weighted by atomic mass is 10.1.